The second kappa shape index (κ2) is 9.02. The maximum atomic E-state index is 13.0. The number of rotatable bonds is 7. The smallest absolute Gasteiger partial charge is 0.325 e. The highest BCUT2D eigenvalue weighted by molar-refractivity contribution is 6.10. The topological polar surface area (TPSA) is 87.7 Å². The molecule has 0 saturated carbocycles. The molecule has 2 aromatic rings. The molecule has 0 aliphatic carbocycles. The van der Waals surface area contributed by atoms with E-state index in [1.54, 1.807) is 14.0 Å². The zero-order valence-corrected chi connectivity index (χ0v) is 19.3. The van der Waals surface area contributed by atoms with Crippen molar-refractivity contribution in [3.05, 3.63) is 59.7 Å². The molecule has 1 saturated heterocycles. The van der Waals surface area contributed by atoms with Crippen molar-refractivity contribution in [3.63, 3.8) is 0 Å². The first kappa shape index (κ1) is 23.3. The van der Waals surface area contributed by atoms with Crippen LogP contribution in [-0.4, -0.2) is 41.9 Å². The van der Waals surface area contributed by atoms with Gasteiger partial charge >= 0.3 is 6.03 Å². The van der Waals surface area contributed by atoms with Gasteiger partial charge in [0.05, 0.1) is 7.11 Å². The van der Waals surface area contributed by atoms with Gasteiger partial charge in [0.15, 0.2) is 0 Å². The highest BCUT2D eigenvalue weighted by atomic mass is 16.5. The minimum atomic E-state index is -1.05. The number of imide groups is 1. The van der Waals surface area contributed by atoms with Crippen molar-refractivity contribution >= 4 is 23.5 Å². The highest BCUT2D eigenvalue weighted by Crippen LogP contribution is 2.29. The number of anilines is 1. The zero-order valence-electron chi connectivity index (χ0n) is 19.3. The summed E-state index contributed by atoms with van der Waals surface area (Å²) in [7, 11) is 1.61. The van der Waals surface area contributed by atoms with Crippen molar-refractivity contribution in [1.82, 2.24) is 10.2 Å². The van der Waals surface area contributed by atoms with Crippen LogP contribution in [0.4, 0.5) is 10.5 Å². The molecule has 0 bridgehead atoms. The summed E-state index contributed by atoms with van der Waals surface area (Å²) in [6.45, 7) is 7.54. The van der Waals surface area contributed by atoms with E-state index in [9.17, 15) is 14.4 Å². The second-order valence-corrected chi connectivity index (χ2v) is 9.35. The molecular formula is C25H31N3O4. The van der Waals surface area contributed by atoms with Crippen LogP contribution in [0.1, 0.15) is 45.2 Å². The van der Waals surface area contributed by atoms with E-state index in [4.69, 9.17) is 4.74 Å². The molecule has 1 heterocycles. The number of carbonyl (C=O) groups excluding carboxylic acids is 3. The van der Waals surface area contributed by atoms with E-state index in [0.717, 1.165) is 21.8 Å². The molecule has 7 nitrogen and oxygen atoms in total. The van der Waals surface area contributed by atoms with Crippen LogP contribution in [0, 0.1) is 0 Å². The molecule has 1 atom stereocenters. The van der Waals surface area contributed by atoms with Crippen molar-refractivity contribution in [1.29, 1.82) is 0 Å². The van der Waals surface area contributed by atoms with Gasteiger partial charge in [0.2, 0.25) is 5.91 Å². The lowest BCUT2D eigenvalue weighted by atomic mass is 9.86. The van der Waals surface area contributed by atoms with Crippen LogP contribution in [0.25, 0.3) is 0 Å². The molecule has 1 aliphatic rings. The Morgan fingerprint density at radius 3 is 2.38 bits per heavy atom. The summed E-state index contributed by atoms with van der Waals surface area (Å²) < 4.78 is 5.16. The number of ether oxygens (including phenoxy) is 1. The number of urea groups is 1. The summed E-state index contributed by atoms with van der Waals surface area (Å²) in [4.78, 5) is 39.2. The standard InChI is InChI=1S/C25H31N3O4/c1-24(2,3)19-8-6-7-9-20(19)26-21(29)16-28-22(30)25(4,27-23(28)31)15-14-17-10-12-18(32-5)13-11-17/h6-13H,14-16H2,1-5H3,(H,26,29)(H,27,31). The van der Waals surface area contributed by atoms with Crippen LogP contribution in [0.5, 0.6) is 5.75 Å². The molecule has 3 rings (SSSR count). The normalized spacial score (nSPS) is 18.5. The van der Waals surface area contributed by atoms with Crippen LogP contribution in [-0.2, 0) is 21.4 Å². The van der Waals surface area contributed by atoms with Gasteiger partial charge in [-0.15, -0.1) is 0 Å². The van der Waals surface area contributed by atoms with Gasteiger partial charge in [-0.05, 0) is 54.5 Å². The fourth-order valence-electron chi connectivity index (χ4n) is 3.83. The fourth-order valence-corrected chi connectivity index (χ4v) is 3.83. The molecular weight excluding hydrogens is 406 g/mol. The summed E-state index contributed by atoms with van der Waals surface area (Å²) in [6, 6.07) is 14.6. The summed E-state index contributed by atoms with van der Waals surface area (Å²) in [5, 5.41) is 5.62. The van der Waals surface area contributed by atoms with E-state index >= 15 is 0 Å². The highest BCUT2D eigenvalue weighted by Gasteiger charge is 2.47. The van der Waals surface area contributed by atoms with Crippen molar-refractivity contribution in [2.75, 3.05) is 19.0 Å². The summed E-state index contributed by atoms with van der Waals surface area (Å²) in [5.74, 6) is -0.0460. The predicted molar refractivity (Wildman–Crippen MR) is 124 cm³/mol. The van der Waals surface area contributed by atoms with Gasteiger partial charge < -0.3 is 15.4 Å². The maximum absolute atomic E-state index is 13.0. The number of benzene rings is 2. The van der Waals surface area contributed by atoms with Gasteiger partial charge in [-0.1, -0.05) is 51.1 Å². The van der Waals surface area contributed by atoms with Gasteiger partial charge in [0, 0.05) is 5.69 Å². The average molecular weight is 438 g/mol. The quantitative estimate of drug-likeness (QED) is 0.644. The van der Waals surface area contributed by atoms with Gasteiger partial charge in [0.25, 0.3) is 5.91 Å². The van der Waals surface area contributed by atoms with E-state index in [2.05, 4.69) is 31.4 Å². The van der Waals surface area contributed by atoms with E-state index in [1.165, 1.54) is 0 Å². The minimum Gasteiger partial charge on any atom is -0.497 e. The summed E-state index contributed by atoms with van der Waals surface area (Å²) in [6.07, 6.45) is 1.03. The molecule has 32 heavy (non-hydrogen) atoms. The van der Waals surface area contributed by atoms with E-state index in [1.807, 2.05) is 48.5 Å². The monoisotopic (exact) mass is 437 g/mol. The molecule has 1 aliphatic heterocycles. The van der Waals surface area contributed by atoms with Crippen LogP contribution >= 0.6 is 0 Å². The number of aryl methyl sites for hydroxylation is 1. The number of amides is 4. The van der Waals surface area contributed by atoms with Crippen LogP contribution < -0.4 is 15.4 Å². The second-order valence-electron chi connectivity index (χ2n) is 9.35. The molecule has 0 radical (unpaired) electrons. The first-order chi connectivity index (χ1) is 15.0. The van der Waals surface area contributed by atoms with Crippen molar-refractivity contribution in [3.8, 4) is 5.75 Å². The number of hydrogen-bond donors (Lipinski definition) is 2. The van der Waals surface area contributed by atoms with Crippen LogP contribution in [0.3, 0.4) is 0 Å². The predicted octanol–water partition coefficient (Wildman–Crippen LogP) is 3.87. The number of para-hydroxylation sites is 1. The van der Waals surface area contributed by atoms with E-state index in [-0.39, 0.29) is 12.0 Å². The first-order valence-corrected chi connectivity index (χ1v) is 10.7. The molecule has 2 aromatic carbocycles. The third kappa shape index (κ3) is 5.10. The van der Waals surface area contributed by atoms with Gasteiger partial charge in [-0.2, -0.15) is 0 Å². The molecule has 1 fully saturated rings. The molecule has 0 aromatic heterocycles. The number of methoxy groups -OCH3 is 1. The van der Waals surface area contributed by atoms with Crippen molar-refractivity contribution in [2.45, 2.75) is 51.5 Å². The Morgan fingerprint density at radius 1 is 1.09 bits per heavy atom. The SMILES string of the molecule is COc1ccc(CCC2(C)NC(=O)N(CC(=O)Nc3ccccc3C(C)(C)C)C2=O)cc1. The van der Waals surface area contributed by atoms with Gasteiger partial charge in [0.1, 0.15) is 17.8 Å². The number of nitrogens with zero attached hydrogens (tertiary/aromatic N) is 1. The average Bonchev–Trinajstić information content (AvgIpc) is 2.95. The van der Waals surface area contributed by atoms with Crippen LogP contribution in [0.15, 0.2) is 48.5 Å². The largest absolute Gasteiger partial charge is 0.497 e. The Morgan fingerprint density at radius 2 is 1.75 bits per heavy atom. The number of hydrogen-bond acceptors (Lipinski definition) is 4. The van der Waals surface area contributed by atoms with E-state index < -0.39 is 23.4 Å². The molecule has 4 amide bonds. The summed E-state index contributed by atoms with van der Waals surface area (Å²) >= 11 is 0. The lowest BCUT2D eigenvalue weighted by Crippen LogP contribution is -2.45. The van der Waals surface area contributed by atoms with Crippen molar-refractivity contribution < 1.29 is 19.1 Å². The Bertz CT molecular complexity index is 1010. The first-order valence-electron chi connectivity index (χ1n) is 10.7. The van der Waals surface area contributed by atoms with E-state index in [0.29, 0.717) is 18.5 Å². The molecule has 2 N–H and O–H groups in total. The minimum absolute atomic E-state index is 0.162. The molecule has 0 spiro atoms. The molecule has 1 unspecified atom stereocenters. The van der Waals surface area contributed by atoms with Crippen LogP contribution in [0.2, 0.25) is 0 Å². The number of carbonyl (C=O) groups is 3. The Kier molecular flexibility index (Phi) is 6.57. The van der Waals surface area contributed by atoms with Crippen molar-refractivity contribution in [2.24, 2.45) is 0 Å². The molecule has 7 heteroatoms. The van der Waals surface area contributed by atoms with Gasteiger partial charge in [-0.25, -0.2) is 4.79 Å². The number of nitrogens with one attached hydrogen (secondary N) is 2. The Balaban J connectivity index is 1.65. The van der Waals surface area contributed by atoms with Gasteiger partial charge in [-0.3, -0.25) is 14.5 Å². The lowest BCUT2D eigenvalue weighted by Gasteiger charge is -2.24. The fraction of sp³-hybridized carbons (Fsp3) is 0.400. The Hall–Kier alpha value is -3.35. The zero-order chi connectivity index (χ0) is 23.5. The third-order valence-corrected chi connectivity index (χ3v) is 5.73. The third-order valence-electron chi connectivity index (χ3n) is 5.73. The summed E-state index contributed by atoms with van der Waals surface area (Å²) in [5.41, 5.74) is 1.48. The lowest BCUT2D eigenvalue weighted by molar-refractivity contribution is -0.133. The molecule has 170 valence electrons. The maximum Gasteiger partial charge on any atom is 0.325 e. The Labute approximate surface area is 189 Å².